The lowest BCUT2D eigenvalue weighted by Crippen LogP contribution is -2.36. The number of rotatable bonds is 3. The normalized spacial score (nSPS) is 21.2. The summed E-state index contributed by atoms with van der Waals surface area (Å²) >= 11 is 1.09. The van der Waals surface area contributed by atoms with Gasteiger partial charge in [-0.25, -0.2) is 9.37 Å². The zero-order chi connectivity index (χ0) is 21.7. The predicted molar refractivity (Wildman–Crippen MR) is 102 cm³/mol. The topological polar surface area (TPSA) is 69.2 Å². The molecule has 0 radical (unpaired) electrons. The van der Waals surface area contributed by atoms with Gasteiger partial charge < -0.3 is 4.18 Å². The van der Waals surface area contributed by atoms with Crippen LogP contribution in [-0.4, -0.2) is 30.1 Å². The number of hydrogen-bond acceptors (Lipinski definition) is 6. The molecule has 1 atom stereocenters. The molecule has 4 rings (SSSR count). The van der Waals surface area contributed by atoms with Crippen molar-refractivity contribution in [2.75, 3.05) is 6.26 Å². The third-order valence-electron chi connectivity index (χ3n) is 5.82. The molecule has 0 amide bonds. The second-order valence-electron chi connectivity index (χ2n) is 7.65. The van der Waals surface area contributed by atoms with E-state index in [2.05, 4.69) is 14.2 Å². The van der Waals surface area contributed by atoms with E-state index >= 15 is 0 Å². The number of fused-ring (bicyclic) bond motifs is 2. The Labute approximate surface area is 175 Å². The lowest BCUT2D eigenvalue weighted by atomic mass is 9.63. The van der Waals surface area contributed by atoms with Gasteiger partial charge in [-0.05, 0) is 67.4 Å². The standard InChI is InChI=1S/C19H18F4N2O3S2/c1-29-17-24-15-10-18(7-5-12-11(9-18)3-2-4-14(12)20)8-6-13(15)16(25-17)28-30(26,27)19(21,22)23/h2-4H,5-10H2,1H3/t18-/m0/s1. The van der Waals surface area contributed by atoms with Crippen LogP contribution in [0.2, 0.25) is 0 Å². The summed E-state index contributed by atoms with van der Waals surface area (Å²) in [7, 11) is -5.83. The summed E-state index contributed by atoms with van der Waals surface area (Å²) in [6, 6.07) is 5.01. The smallest absolute Gasteiger partial charge is 0.355 e. The number of nitrogens with zero attached hydrogens (tertiary/aromatic N) is 2. The fourth-order valence-corrected chi connectivity index (χ4v) is 5.14. The molecule has 162 valence electrons. The molecule has 30 heavy (non-hydrogen) atoms. The van der Waals surface area contributed by atoms with E-state index in [1.54, 1.807) is 12.3 Å². The zero-order valence-electron chi connectivity index (χ0n) is 15.9. The second kappa shape index (κ2) is 7.37. The summed E-state index contributed by atoms with van der Waals surface area (Å²) < 4.78 is 79.9. The molecule has 1 aromatic heterocycles. The Hall–Kier alpha value is -1.88. The van der Waals surface area contributed by atoms with Crippen molar-refractivity contribution in [3.05, 3.63) is 46.4 Å². The average molecular weight is 462 g/mol. The highest BCUT2D eigenvalue weighted by Gasteiger charge is 2.50. The van der Waals surface area contributed by atoms with Gasteiger partial charge in [0.1, 0.15) is 5.82 Å². The first-order chi connectivity index (χ1) is 14.0. The molecular formula is C19H18F4N2O3S2. The third-order valence-corrected chi connectivity index (χ3v) is 7.32. The first kappa shape index (κ1) is 21.4. The van der Waals surface area contributed by atoms with Gasteiger partial charge in [0.15, 0.2) is 5.16 Å². The van der Waals surface area contributed by atoms with Gasteiger partial charge in [-0.1, -0.05) is 23.9 Å². The molecule has 1 heterocycles. The van der Waals surface area contributed by atoms with Crippen molar-refractivity contribution >= 4 is 21.9 Å². The van der Waals surface area contributed by atoms with E-state index in [0.29, 0.717) is 36.9 Å². The van der Waals surface area contributed by atoms with Gasteiger partial charge in [0.25, 0.3) is 0 Å². The minimum absolute atomic E-state index is 0.139. The van der Waals surface area contributed by atoms with Crippen molar-refractivity contribution in [2.45, 2.75) is 49.2 Å². The van der Waals surface area contributed by atoms with Crippen LogP contribution < -0.4 is 4.18 Å². The molecule has 0 saturated carbocycles. The molecule has 0 fully saturated rings. The monoisotopic (exact) mass is 462 g/mol. The molecule has 2 aliphatic carbocycles. The largest absolute Gasteiger partial charge is 0.534 e. The molecule has 0 N–H and O–H groups in total. The average Bonchev–Trinajstić information content (AvgIpc) is 2.66. The van der Waals surface area contributed by atoms with Crippen LogP contribution in [0.1, 0.15) is 35.2 Å². The summed E-state index contributed by atoms with van der Waals surface area (Å²) in [6.07, 6.45) is 4.89. The molecule has 1 aromatic carbocycles. The molecule has 2 aliphatic rings. The molecule has 0 bridgehead atoms. The molecule has 5 nitrogen and oxygen atoms in total. The van der Waals surface area contributed by atoms with Crippen LogP contribution in [0.15, 0.2) is 23.4 Å². The van der Waals surface area contributed by atoms with Crippen molar-refractivity contribution in [1.29, 1.82) is 0 Å². The Morgan fingerprint density at radius 3 is 2.47 bits per heavy atom. The molecule has 11 heteroatoms. The number of thioether (sulfide) groups is 1. The van der Waals surface area contributed by atoms with Gasteiger partial charge in [-0.3, -0.25) is 0 Å². The first-order valence-corrected chi connectivity index (χ1v) is 11.9. The summed E-state index contributed by atoms with van der Waals surface area (Å²) in [6.45, 7) is 0. The van der Waals surface area contributed by atoms with Gasteiger partial charge >= 0.3 is 15.6 Å². The van der Waals surface area contributed by atoms with Crippen molar-refractivity contribution < 1.29 is 30.2 Å². The minimum Gasteiger partial charge on any atom is -0.355 e. The van der Waals surface area contributed by atoms with Gasteiger partial charge in [0.2, 0.25) is 5.88 Å². The molecule has 2 aromatic rings. The van der Waals surface area contributed by atoms with E-state index in [0.717, 1.165) is 23.7 Å². The zero-order valence-corrected chi connectivity index (χ0v) is 17.6. The highest BCUT2D eigenvalue weighted by molar-refractivity contribution is 7.98. The van der Waals surface area contributed by atoms with Crippen LogP contribution in [0.4, 0.5) is 17.6 Å². The Bertz CT molecular complexity index is 1110. The van der Waals surface area contributed by atoms with E-state index in [-0.39, 0.29) is 28.4 Å². The maximum absolute atomic E-state index is 14.1. The molecule has 0 unspecified atom stereocenters. The maximum atomic E-state index is 14.1. The number of alkyl halides is 3. The number of aromatic nitrogens is 2. The Balaban J connectivity index is 1.69. The number of benzene rings is 1. The lowest BCUT2D eigenvalue weighted by molar-refractivity contribution is -0.0502. The van der Waals surface area contributed by atoms with E-state index < -0.39 is 21.5 Å². The predicted octanol–water partition coefficient (Wildman–Crippen LogP) is 4.23. The highest BCUT2D eigenvalue weighted by Crippen LogP contribution is 2.47. The number of halogens is 4. The fraction of sp³-hybridized carbons (Fsp3) is 0.474. The van der Waals surface area contributed by atoms with Crippen LogP contribution in [0.25, 0.3) is 0 Å². The highest BCUT2D eigenvalue weighted by atomic mass is 32.2. The van der Waals surface area contributed by atoms with Crippen molar-refractivity contribution in [3.63, 3.8) is 0 Å². The molecule has 1 spiro atoms. The molecule has 0 saturated heterocycles. The SMILES string of the molecule is CSc1nc2c(c(OS(=O)(=O)C(F)(F)F)n1)CC[C@]1(CCc3c(F)cccc3C1)C2. The van der Waals surface area contributed by atoms with Crippen LogP contribution in [0, 0.1) is 11.2 Å². The molecule has 0 aliphatic heterocycles. The Morgan fingerprint density at radius 2 is 1.80 bits per heavy atom. The van der Waals surface area contributed by atoms with Gasteiger partial charge in [0, 0.05) is 5.56 Å². The summed E-state index contributed by atoms with van der Waals surface area (Å²) in [5, 5.41) is 0.139. The quantitative estimate of drug-likeness (QED) is 0.224. The van der Waals surface area contributed by atoms with E-state index in [4.69, 9.17) is 0 Å². The van der Waals surface area contributed by atoms with E-state index in [1.807, 2.05) is 6.07 Å². The Morgan fingerprint density at radius 1 is 1.10 bits per heavy atom. The van der Waals surface area contributed by atoms with Crippen molar-refractivity contribution in [2.24, 2.45) is 5.41 Å². The van der Waals surface area contributed by atoms with E-state index in [1.165, 1.54) is 6.07 Å². The third kappa shape index (κ3) is 3.77. The second-order valence-corrected chi connectivity index (χ2v) is 9.97. The summed E-state index contributed by atoms with van der Waals surface area (Å²) in [5.41, 5.74) is -3.33. The summed E-state index contributed by atoms with van der Waals surface area (Å²) in [4.78, 5) is 8.31. The van der Waals surface area contributed by atoms with Gasteiger partial charge in [-0.15, -0.1) is 0 Å². The van der Waals surface area contributed by atoms with Crippen molar-refractivity contribution in [1.82, 2.24) is 9.97 Å². The van der Waals surface area contributed by atoms with Gasteiger partial charge in [0.05, 0.1) is 5.69 Å². The van der Waals surface area contributed by atoms with E-state index in [9.17, 15) is 26.0 Å². The van der Waals surface area contributed by atoms with Crippen molar-refractivity contribution in [3.8, 4) is 5.88 Å². The van der Waals surface area contributed by atoms with Crippen LogP contribution >= 0.6 is 11.8 Å². The Kier molecular flexibility index (Phi) is 5.24. The van der Waals surface area contributed by atoms with Crippen LogP contribution in [0.5, 0.6) is 5.88 Å². The van der Waals surface area contributed by atoms with Crippen LogP contribution in [-0.2, 0) is 35.8 Å². The van der Waals surface area contributed by atoms with Gasteiger partial charge in [-0.2, -0.15) is 26.6 Å². The fourth-order valence-electron chi connectivity index (χ4n) is 4.32. The maximum Gasteiger partial charge on any atom is 0.534 e. The molecular weight excluding hydrogens is 444 g/mol. The minimum atomic E-state index is -5.83. The first-order valence-electron chi connectivity index (χ1n) is 9.24. The lowest BCUT2D eigenvalue weighted by Gasteiger charge is -2.41. The van der Waals surface area contributed by atoms with Crippen LogP contribution in [0.3, 0.4) is 0 Å². The number of hydrogen-bond donors (Lipinski definition) is 0. The summed E-state index contributed by atoms with van der Waals surface area (Å²) in [5.74, 6) is -0.780.